The topological polar surface area (TPSA) is 73.1 Å². The molecule has 8 heteroatoms. The van der Waals surface area contributed by atoms with E-state index in [2.05, 4.69) is 31.3 Å². The van der Waals surface area contributed by atoms with Gasteiger partial charge in [0.2, 0.25) is 11.7 Å². The van der Waals surface area contributed by atoms with Gasteiger partial charge in [0.15, 0.2) is 0 Å². The Labute approximate surface area is 136 Å². The van der Waals surface area contributed by atoms with Crippen molar-refractivity contribution < 1.29 is 9.53 Å². The minimum Gasteiger partial charge on any atom is -0.378 e. The molecule has 0 N–H and O–H groups in total. The van der Waals surface area contributed by atoms with Crippen molar-refractivity contribution in [3.63, 3.8) is 0 Å². The van der Waals surface area contributed by atoms with Crippen LogP contribution >= 0.6 is 15.9 Å². The van der Waals surface area contributed by atoms with Gasteiger partial charge in [-0.15, -0.1) is 10.2 Å². The molecule has 0 saturated carbocycles. The molecule has 116 valence electrons. The Hall–Kier alpha value is -1.80. The maximum atomic E-state index is 12.4. The van der Waals surface area contributed by atoms with E-state index in [0.29, 0.717) is 32.1 Å². The predicted molar refractivity (Wildman–Crippen MR) is 83.1 cm³/mol. The Balaban J connectivity index is 1.74. The van der Waals surface area contributed by atoms with Crippen LogP contribution in [-0.2, 0) is 9.53 Å². The number of carbonyl (C=O) groups excluding carboxylic acids is 1. The number of amides is 1. The summed E-state index contributed by atoms with van der Waals surface area (Å²) in [4.78, 5) is 15.6. The second-order valence-electron chi connectivity index (χ2n) is 5.05. The average Bonchev–Trinajstić information content (AvgIpc) is 3.05. The lowest BCUT2D eigenvalue weighted by Crippen LogP contribution is -2.44. The molecule has 0 bridgehead atoms. The van der Waals surface area contributed by atoms with Crippen LogP contribution in [0.25, 0.3) is 11.4 Å². The molecule has 0 spiro atoms. The zero-order chi connectivity index (χ0) is 15.5. The number of hydrogen-bond acceptors (Lipinski definition) is 5. The van der Waals surface area contributed by atoms with Gasteiger partial charge in [-0.25, -0.2) is 0 Å². The summed E-state index contributed by atoms with van der Waals surface area (Å²) in [6.45, 7) is 4.15. The third kappa shape index (κ3) is 3.17. The van der Waals surface area contributed by atoms with Gasteiger partial charge in [0.05, 0.1) is 13.2 Å². The minimum atomic E-state index is -0.477. The molecule has 3 rings (SSSR count). The molecular formula is C14H16BrN5O2. The van der Waals surface area contributed by atoms with Crippen LogP contribution in [0, 0.1) is 0 Å². The van der Waals surface area contributed by atoms with Crippen LogP contribution < -0.4 is 0 Å². The Morgan fingerprint density at radius 2 is 1.95 bits per heavy atom. The van der Waals surface area contributed by atoms with Crippen molar-refractivity contribution in [1.82, 2.24) is 25.1 Å². The van der Waals surface area contributed by atoms with E-state index in [1.165, 1.54) is 4.80 Å². The number of aromatic nitrogens is 4. The minimum absolute atomic E-state index is 0.0111. The summed E-state index contributed by atoms with van der Waals surface area (Å²) in [5, 5.41) is 12.4. The summed E-state index contributed by atoms with van der Waals surface area (Å²) in [5.74, 6) is 0.497. The van der Waals surface area contributed by atoms with Gasteiger partial charge in [0, 0.05) is 23.1 Å². The fraction of sp³-hybridized carbons (Fsp3) is 0.429. The SMILES string of the molecule is C[C@@H](C(=O)N1CCOCC1)n1nnc(-c2ccc(Br)cc2)n1. The monoisotopic (exact) mass is 365 g/mol. The largest absolute Gasteiger partial charge is 0.378 e. The first-order chi connectivity index (χ1) is 10.6. The summed E-state index contributed by atoms with van der Waals surface area (Å²) < 4.78 is 6.24. The molecule has 0 radical (unpaired) electrons. The van der Waals surface area contributed by atoms with Crippen molar-refractivity contribution in [3.8, 4) is 11.4 Å². The number of hydrogen-bond donors (Lipinski definition) is 0. The molecule has 1 aromatic carbocycles. The second-order valence-corrected chi connectivity index (χ2v) is 5.97. The van der Waals surface area contributed by atoms with E-state index in [4.69, 9.17) is 4.74 Å². The number of morpholine rings is 1. The van der Waals surface area contributed by atoms with Crippen LogP contribution in [0.5, 0.6) is 0 Å². The van der Waals surface area contributed by atoms with E-state index in [9.17, 15) is 4.79 Å². The molecule has 1 amide bonds. The predicted octanol–water partition coefficient (Wildman–Crippen LogP) is 1.52. The summed E-state index contributed by atoms with van der Waals surface area (Å²) >= 11 is 3.39. The maximum Gasteiger partial charge on any atom is 0.249 e. The Morgan fingerprint density at radius 1 is 1.27 bits per heavy atom. The van der Waals surface area contributed by atoms with Gasteiger partial charge in [0.1, 0.15) is 6.04 Å². The zero-order valence-corrected chi connectivity index (χ0v) is 13.7. The van der Waals surface area contributed by atoms with E-state index in [-0.39, 0.29) is 5.91 Å². The first-order valence-corrected chi connectivity index (χ1v) is 7.86. The standard InChI is InChI=1S/C14H16BrN5O2/c1-10(14(21)19-6-8-22-9-7-19)20-17-13(16-18-20)11-2-4-12(15)5-3-11/h2-5,10H,6-9H2,1H3/t10-/m0/s1. The van der Waals surface area contributed by atoms with E-state index in [1.807, 2.05) is 24.3 Å². The van der Waals surface area contributed by atoms with Gasteiger partial charge >= 0.3 is 0 Å². The quantitative estimate of drug-likeness (QED) is 0.824. The number of tetrazole rings is 1. The fourth-order valence-corrected chi connectivity index (χ4v) is 2.51. The summed E-state index contributed by atoms with van der Waals surface area (Å²) in [6, 6.07) is 7.16. The smallest absolute Gasteiger partial charge is 0.249 e. The highest BCUT2D eigenvalue weighted by Crippen LogP contribution is 2.18. The molecule has 1 aliphatic rings. The third-order valence-corrected chi connectivity index (χ3v) is 4.09. The molecule has 7 nitrogen and oxygen atoms in total. The van der Waals surface area contributed by atoms with Crippen LogP contribution in [0.4, 0.5) is 0 Å². The van der Waals surface area contributed by atoms with Crippen molar-refractivity contribution in [3.05, 3.63) is 28.7 Å². The fourth-order valence-electron chi connectivity index (χ4n) is 2.25. The molecule has 22 heavy (non-hydrogen) atoms. The first-order valence-electron chi connectivity index (χ1n) is 7.07. The number of ether oxygens (including phenoxy) is 1. The van der Waals surface area contributed by atoms with Crippen molar-refractivity contribution in [2.75, 3.05) is 26.3 Å². The van der Waals surface area contributed by atoms with Gasteiger partial charge in [0.25, 0.3) is 0 Å². The number of carbonyl (C=O) groups is 1. The van der Waals surface area contributed by atoms with Gasteiger partial charge in [-0.3, -0.25) is 4.79 Å². The zero-order valence-electron chi connectivity index (χ0n) is 12.1. The van der Waals surface area contributed by atoms with Crippen LogP contribution in [-0.4, -0.2) is 57.3 Å². The van der Waals surface area contributed by atoms with Crippen molar-refractivity contribution in [1.29, 1.82) is 0 Å². The molecule has 2 heterocycles. The van der Waals surface area contributed by atoms with Crippen molar-refractivity contribution in [2.24, 2.45) is 0 Å². The van der Waals surface area contributed by atoms with Gasteiger partial charge < -0.3 is 9.64 Å². The number of halogens is 1. The highest BCUT2D eigenvalue weighted by molar-refractivity contribution is 9.10. The first kappa shape index (κ1) is 15.1. The molecule has 1 fully saturated rings. The lowest BCUT2D eigenvalue weighted by Gasteiger charge is -2.28. The molecule has 1 atom stereocenters. The van der Waals surface area contributed by atoms with Crippen LogP contribution in [0.3, 0.4) is 0 Å². The van der Waals surface area contributed by atoms with E-state index in [0.717, 1.165) is 10.0 Å². The van der Waals surface area contributed by atoms with E-state index >= 15 is 0 Å². The number of rotatable bonds is 3. The van der Waals surface area contributed by atoms with Crippen LogP contribution in [0.1, 0.15) is 13.0 Å². The molecule has 0 unspecified atom stereocenters. The molecule has 1 aromatic heterocycles. The van der Waals surface area contributed by atoms with E-state index in [1.54, 1.807) is 11.8 Å². The lowest BCUT2D eigenvalue weighted by molar-refractivity contribution is -0.139. The van der Waals surface area contributed by atoms with Gasteiger partial charge in [-0.05, 0) is 36.4 Å². The Bertz CT molecular complexity index is 652. The number of nitrogens with zero attached hydrogens (tertiary/aromatic N) is 5. The van der Waals surface area contributed by atoms with Crippen LogP contribution in [0.2, 0.25) is 0 Å². The van der Waals surface area contributed by atoms with Crippen molar-refractivity contribution >= 4 is 21.8 Å². The molecule has 1 aliphatic heterocycles. The Morgan fingerprint density at radius 3 is 2.64 bits per heavy atom. The lowest BCUT2D eigenvalue weighted by atomic mass is 10.2. The normalized spacial score (nSPS) is 16.5. The summed E-state index contributed by atoms with van der Waals surface area (Å²) in [5.41, 5.74) is 0.862. The second kappa shape index (κ2) is 6.53. The average molecular weight is 366 g/mol. The van der Waals surface area contributed by atoms with Gasteiger partial charge in [-0.1, -0.05) is 15.9 Å². The summed E-state index contributed by atoms with van der Waals surface area (Å²) in [7, 11) is 0. The van der Waals surface area contributed by atoms with E-state index < -0.39 is 6.04 Å². The molecule has 1 saturated heterocycles. The molecular weight excluding hydrogens is 350 g/mol. The third-order valence-electron chi connectivity index (χ3n) is 3.56. The highest BCUT2D eigenvalue weighted by Gasteiger charge is 2.25. The molecule has 2 aromatic rings. The number of benzene rings is 1. The van der Waals surface area contributed by atoms with Crippen LogP contribution in [0.15, 0.2) is 28.7 Å². The van der Waals surface area contributed by atoms with Gasteiger partial charge in [-0.2, -0.15) is 4.80 Å². The maximum absolute atomic E-state index is 12.4. The molecule has 0 aliphatic carbocycles. The van der Waals surface area contributed by atoms with Crippen molar-refractivity contribution in [2.45, 2.75) is 13.0 Å². The Kier molecular flexibility index (Phi) is 4.49. The summed E-state index contributed by atoms with van der Waals surface area (Å²) in [6.07, 6.45) is 0. The highest BCUT2D eigenvalue weighted by atomic mass is 79.9.